The largest absolute Gasteiger partial charge is 0.388 e. The molecular weight excluding hydrogens is 275 g/mol. The van der Waals surface area contributed by atoms with Gasteiger partial charge in [0.1, 0.15) is 0 Å². The molecule has 3 heteroatoms. The molecule has 0 aliphatic rings. The van der Waals surface area contributed by atoms with E-state index in [1.165, 1.54) is 0 Å². The van der Waals surface area contributed by atoms with Gasteiger partial charge < -0.3 is 5.11 Å². The van der Waals surface area contributed by atoms with E-state index in [9.17, 15) is 5.11 Å². The van der Waals surface area contributed by atoms with Gasteiger partial charge in [0.25, 0.3) is 0 Å². The monoisotopic (exact) mass is 290 g/mol. The Bertz CT molecular complexity index is 327. The highest BCUT2D eigenvalue weighted by molar-refractivity contribution is 9.10. The second kappa shape index (κ2) is 5.88. The number of hydrogen-bond acceptors (Lipinski definition) is 1. The van der Waals surface area contributed by atoms with Crippen molar-refractivity contribution in [3.05, 3.63) is 33.3 Å². The Hall–Kier alpha value is -0.0500. The minimum absolute atomic E-state index is 0.395. The molecule has 1 rings (SSSR count). The van der Waals surface area contributed by atoms with E-state index in [0.717, 1.165) is 22.9 Å². The van der Waals surface area contributed by atoms with Gasteiger partial charge in [0.15, 0.2) is 0 Å². The maximum Gasteiger partial charge on any atom is 0.0793 e. The van der Waals surface area contributed by atoms with Gasteiger partial charge in [-0.05, 0) is 46.0 Å². The van der Waals surface area contributed by atoms with Crippen molar-refractivity contribution in [3.63, 3.8) is 0 Å². The van der Waals surface area contributed by atoms with Crippen molar-refractivity contribution < 1.29 is 5.11 Å². The maximum atomic E-state index is 9.97. The molecule has 0 saturated heterocycles. The molecule has 0 spiro atoms. The molecule has 1 aromatic carbocycles. The third kappa shape index (κ3) is 3.78. The summed E-state index contributed by atoms with van der Waals surface area (Å²) in [5.41, 5.74) is 0.923. The van der Waals surface area contributed by atoms with Gasteiger partial charge in [-0.1, -0.05) is 37.9 Å². The summed E-state index contributed by atoms with van der Waals surface area (Å²) in [6.45, 7) is 4.28. The fourth-order valence-electron chi connectivity index (χ4n) is 1.40. The van der Waals surface area contributed by atoms with Crippen molar-refractivity contribution in [3.8, 4) is 0 Å². The molecule has 1 nitrogen and oxygen atoms in total. The first-order valence-electron chi connectivity index (χ1n) is 5.17. The van der Waals surface area contributed by atoms with Crippen molar-refractivity contribution >= 4 is 27.5 Å². The number of aliphatic hydroxyl groups excluding tert-OH is 1. The second-order valence-electron chi connectivity index (χ2n) is 3.94. The van der Waals surface area contributed by atoms with Crippen LogP contribution in [0.5, 0.6) is 0 Å². The summed E-state index contributed by atoms with van der Waals surface area (Å²) in [4.78, 5) is 0. The minimum Gasteiger partial charge on any atom is -0.388 e. The first-order chi connectivity index (χ1) is 7.04. The fraction of sp³-hybridized carbons (Fsp3) is 0.500. The van der Waals surface area contributed by atoms with Crippen LogP contribution >= 0.6 is 27.5 Å². The molecule has 0 aliphatic heterocycles. The molecular formula is C12H16BrClO. The smallest absolute Gasteiger partial charge is 0.0793 e. The van der Waals surface area contributed by atoms with Crippen LogP contribution in [0.1, 0.15) is 38.4 Å². The van der Waals surface area contributed by atoms with E-state index in [4.69, 9.17) is 11.6 Å². The topological polar surface area (TPSA) is 20.2 Å². The number of rotatable bonds is 4. The van der Waals surface area contributed by atoms with E-state index in [1.54, 1.807) is 6.07 Å². The van der Waals surface area contributed by atoms with Crippen LogP contribution in [-0.2, 0) is 0 Å². The number of benzene rings is 1. The molecule has 0 saturated carbocycles. The average Bonchev–Trinajstić information content (AvgIpc) is 2.21. The highest BCUT2D eigenvalue weighted by Crippen LogP contribution is 2.29. The van der Waals surface area contributed by atoms with Crippen LogP contribution < -0.4 is 0 Å². The predicted octanol–water partition coefficient (Wildman–Crippen LogP) is 4.57. The Labute approximate surface area is 105 Å². The number of halogens is 2. The van der Waals surface area contributed by atoms with E-state index in [0.29, 0.717) is 10.9 Å². The van der Waals surface area contributed by atoms with Crippen molar-refractivity contribution in [2.24, 2.45) is 5.92 Å². The Morgan fingerprint density at radius 2 is 2.13 bits per heavy atom. The van der Waals surface area contributed by atoms with E-state index >= 15 is 0 Å². The molecule has 15 heavy (non-hydrogen) atoms. The number of hydrogen-bond donors (Lipinski definition) is 1. The Morgan fingerprint density at radius 3 is 2.67 bits per heavy atom. The Morgan fingerprint density at radius 1 is 1.47 bits per heavy atom. The fourth-order valence-corrected chi connectivity index (χ4v) is 1.92. The van der Waals surface area contributed by atoms with Crippen LogP contribution in [0.4, 0.5) is 0 Å². The van der Waals surface area contributed by atoms with E-state index in [1.807, 2.05) is 12.1 Å². The van der Waals surface area contributed by atoms with Gasteiger partial charge in [-0.15, -0.1) is 0 Å². The zero-order chi connectivity index (χ0) is 11.4. The van der Waals surface area contributed by atoms with Gasteiger partial charge in [-0.2, -0.15) is 0 Å². The van der Waals surface area contributed by atoms with Gasteiger partial charge in [-0.3, -0.25) is 0 Å². The minimum atomic E-state index is -0.395. The highest BCUT2D eigenvalue weighted by Gasteiger charge is 2.12. The van der Waals surface area contributed by atoms with Gasteiger partial charge in [0, 0.05) is 4.47 Å². The number of aliphatic hydroxyl groups is 1. The summed E-state index contributed by atoms with van der Waals surface area (Å²) in [6, 6.07) is 5.57. The lowest BCUT2D eigenvalue weighted by Gasteiger charge is -2.15. The molecule has 1 aromatic rings. The summed E-state index contributed by atoms with van der Waals surface area (Å²) in [5.74, 6) is 0.537. The Balaban J connectivity index is 2.73. The zero-order valence-corrected chi connectivity index (χ0v) is 11.3. The van der Waals surface area contributed by atoms with Crippen LogP contribution in [0.3, 0.4) is 0 Å². The lowest BCUT2D eigenvalue weighted by Crippen LogP contribution is -2.03. The first-order valence-corrected chi connectivity index (χ1v) is 6.34. The summed E-state index contributed by atoms with van der Waals surface area (Å²) in [5, 5.41) is 10.6. The summed E-state index contributed by atoms with van der Waals surface area (Å²) < 4.78 is 0.838. The molecule has 0 aliphatic carbocycles. The summed E-state index contributed by atoms with van der Waals surface area (Å²) >= 11 is 9.24. The first kappa shape index (κ1) is 13.0. The molecule has 0 bridgehead atoms. The van der Waals surface area contributed by atoms with Crippen LogP contribution in [0.15, 0.2) is 22.7 Å². The van der Waals surface area contributed by atoms with E-state index < -0.39 is 6.10 Å². The van der Waals surface area contributed by atoms with Crippen LogP contribution in [0.2, 0.25) is 5.02 Å². The van der Waals surface area contributed by atoms with Crippen molar-refractivity contribution in [1.29, 1.82) is 0 Å². The van der Waals surface area contributed by atoms with Gasteiger partial charge >= 0.3 is 0 Å². The molecule has 0 amide bonds. The van der Waals surface area contributed by atoms with Gasteiger partial charge in [-0.25, -0.2) is 0 Å². The Kier molecular flexibility index (Phi) is 5.10. The third-order valence-corrected chi connectivity index (χ3v) is 3.86. The van der Waals surface area contributed by atoms with E-state index in [-0.39, 0.29) is 0 Å². The van der Waals surface area contributed by atoms with Crippen LogP contribution in [0.25, 0.3) is 0 Å². The molecule has 0 aromatic heterocycles. The molecule has 0 heterocycles. The quantitative estimate of drug-likeness (QED) is 0.861. The molecule has 2 unspecified atom stereocenters. The SMILES string of the molecule is CCC(C)CC(O)c1ccc(Cl)c(Br)c1. The molecule has 84 valence electrons. The summed E-state index contributed by atoms with van der Waals surface area (Å²) in [7, 11) is 0. The maximum absolute atomic E-state index is 9.97. The van der Waals surface area contributed by atoms with Gasteiger partial charge in [0.05, 0.1) is 11.1 Å². The van der Waals surface area contributed by atoms with Crippen molar-refractivity contribution in [2.45, 2.75) is 32.8 Å². The zero-order valence-electron chi connectivity index (χ0n) is 9.00. The van der Waals surface area contributed by atoms with Gasteiger partial charge in [0.2, 0.25) is 0 Å². The van der Waals surface area contributed by atoms with Crippen molar-refractivity contribution in [1.82, 2.24) is 0 Å². The van der Waals surface area contributed by atoms with E-state index in [2.05, 4.69) is 29.8 Å². The highest BCUT2D eigenvalue weighted by atomic mass is 79.9. The second-order valence-corrected chi connectivity index (χ2v) is 5.20. The lowest BCUT2D eigenvalue weighted by molar-refractivity contribution is 0.146. The van der Waals surface area contributed by atoms with Crippen LogP contribution in [-0.4, -0.2) is 5.11 Å². The summed E-state index contributed by atoms with van der Waals surface area (Å²) in [6.07, 6.45) is 1.49. The van der Waals surface area contributed by atoms with Crippen LogP contribution in [0, 0.1) is 5.92 Å². The normalized spacial score (nSPS) is 15.0. The molecule has 0 fully saturated rings. The van der Waals surface area contributed by atoms with Crippen molar-refractivity contribution in [2.75, 3.05) is 0 Å². The lowest BCUT2D eigenvalue weighted by atomic mass is 9.96. The predicted molar refractivity (Wildman–Crippen MR) is 68.2 cm³/mol. The molecule has 2 atom stereocenters. The third-order valence-electron chi connectivity index (χ3n) is 2.65. The molecule has 0 radical (unpaired) electrons. The molecule has 1 N–H and O–H groups in total. The average molecular weight is 292 g/mol. The standard InChI is InChI=1S/C12H16BrClO/c1-3-8(2)6-12(15)9-4-5-11(14)10(13)7-9/h4-5,7-8,12,15H,3,6H2,1-2H3.